The molecule has 1 aromatic rings. The van der Waals surface area contributed by atoms with E-state index in [0.29, 0.717) is 0 Å². The predicted octanol–water partition coefficient (Wildman–Crippen LogP) is 1.24. The van der Waals surface area contributed by atoms with Crippen LogP contribution < -0.4 is 10.6 Å². The van der Waals surface area contributed by atoms with Gasteiger partial charge in [0, 0.05) is 5.54 Å². The molecule has 122 valence electrons. The monoisotopic (exact) mass is 310 g/mol. The van der Waals surface area contributed by atoms with Gasteiger partial charge < -0.3 is 19.8 Å². The number of ether oxygens (including phenoxy) is 1. The fraction of sp³-hybridized carbons (Fsp3) is 0.533. The third-order valence-corrected chi connectivity index (χ3v) is 2.61. The Balaban J connectivity index is 2.50. The molecule has 0 radical (unpaired) electrons. The van der Waals surface area contributed by atoms with Crippen LogP contribution in [0.2, 0.25) is 0 Å². The molecule has 1 rings (SSSR count). The molecule has 7 nitrogen and oxygen atoms in total. The molecule has 0 fully saturated rings. The Hall–Kier alpha value is -2.31. The molecule has 0 unspecified atom stereocenters. The molecule has 0 aliphatic carbocycles. The van der Waals surface area contributed by atoms with E-state index in [0.717, 1.165) is 0 Å². The Morgan fingerprint density at radius 3 is 2.36 bits per heavy atom. The number of hydrogen-bond donors (Lipinski definition) is 2. The van der Waals surface area contributed by atoms with Gasteiger partial charge in [-0.05, 0) is 46.8 Å². The quantitative estimate of drug-likeness (QED) is 0.798. The first kappa shape index (κ1) is 17.7. The van der Waals surface area contributed by atoms with Crippen LogP contribution in [-0.2, 0) is 14.3 Å². The van der Waals surface area contributed by atoms with E-state index in [-0.39, 0.29) is 5.76 Å². The molecule has 0 aromatic carbocycles. The zero-order valence-electron chi connectivity index (χ0n) is 13.4. The maximum atomic E-state index is 11.9. The number of carbonyl (C=O) groups excluding carboxylic acids is 3. The van der Waals surface area contributed by atoms with Crippen LogP contribution in [0, 0.1) is 0 Å². The number of carbonyl (C=O) groups is 3. The highest BCUT2D eigenvalue weighted by atomic mass is 16.5. The average Bonchev–Trinajstić information content (AvgIpc) is 2.90. The van der Waals surface area contributed by atoms with Crippen LogP contribution in [0.5, 0.6) is 0 Å². The van der Waals surface area contributed by atoms with Gasteiger partial charge in [0.1, 0.15) is 6.04 Å². The topological polar surface area (TPSA) is 97.6 Å². The predicted molar refractivity (Wildman–Crippen MR) is 79.1 cm³/mol. The first-order valence-electron chi connectivity index (χ1n) is 6.97. The maximum Gasteiger partial charge on any atom is 0.329 e. The van der Waals surface area contributed by atoms with E-state index in [1.807, 2.05) is 20.8 Å². The van der Waals surface area contributed by atoms with E-state index in [1.54, 1.807) is 6.07 Å². The molecular weight excluding hydrogens is 288 g/mol. The summed E-state index contributed by atoms with van der Waals surface area (Å²) in [7, 11) is 0. The van der Waals surface area contributed by atoms with Gasteiger partial charge in [0.05, 0.1) is 6.26 Å². The van der Waals surface area contributed by atoms with Crippen molar-refractivity contribution in [2.45, 2.75) is 52.3 Å². The molecule has 2 N–H and O–H groups in total. The molecule has 0 spiro atoms. The van der Waals surface area contributed by atoms with Crippen LogP contribution >= 0.6 is 0 Å². The Morgan fingerprint density at radius 1 is 1.23 bits per heavy atom. The van der Waals surface area contributed by atoms with Gasteiger partial charge in [-0.1, -0.05) is 0 Å². The van der Waals surface area contributed by atoms with Gasteiger partial charge in [0.25, 0.3) is 11.8 Å². The minimum absolute atomic E-state index is 0.0955. The smallest absolute Gasteiger partial charge is 0.329 e. The number of hydrogen-bond acceptors (Lipinski definition) is 5. The van der Waals surface area contributed by atoms with Crippen LogP contribution in [0.15, 0.2) is 22.8 Å². The lowest BCUT2D eigenvalue weighted by atomic mass is 10.1. The molecule has 0 saturated carbocycles. The Kier molecular flexibility index (Phi) is 5.73. The van der Waals surface area contributed by atoms with E-state index in [2.05, 4.69) is 10.6 Å². The van der Waals surface area contributed by atoms with Crippen molar-refractivity contribution in [3.63, 3.8) is 0 Å². The zero-order chi connectivity index (χ0) is 16.9. The molecule has 7 heteroatoms. The summed E-state index contributed by atoms with van der Waals surface area (Å²) in [5, 5.41) is 5.14. The van der Waals surface area contributed by atoms with Gasteiger partial charge in [-0.25, -0.2) is 4.79 Å². The lowest BCUT2D eigenvalue weighted by Crippen LogP contribution is -2.48. The molecule has 0 aliphatic heterocycles. The SMILES string of the molecule is C[C@H](OC(=O)[C@@H](C)NC(=O)c1ccco1)C(=O)NC(C)(C)C. The highest BCUT2D eigenvalue weighted by Crippen LogP contribution is 2.04. The summed E-state index contributed by atoms with van der Waals surface area (Å²) < 4.78 is 9.96. The largest absolute Gasteiger partial charge is 0.459 e. The van der Waals surface area contributed by atoms with Crippen molar-refractivity contribution >= 4 is 17.8 Å². The molecule has 1 aromatic heterocycles. The van der Waals surface area contributed by atoms with E-state index in [4.69, 9.17) is 9.15 Å². The summed E-state index contributed by atoms with van der Waals surface area (Å²) in [6, 6.07) is 2.14. The van der Waals surface area contributed by atoms with Crippen LogP contribution in [0.25, 0.3) is 0 Å². The summed E-state index contributed by atoms with van der Waals surface area (Å²) in [6.45, 7) is 8.42. The fourth-order valence-electron chi connectivity index (χ4n) is 1.54. The van der Waals surface area contributed by atoms with Crippen molar-refractivity contribution in [1.82, 2.24) is 10.6 Å². The fourth-order valence-corrected chi connectivity index (χ4v) is 1.54. The molecule has 22 heavy (non-hydrogen) atoms. The summed E-state index contributed by atoms with van der Waals surface area (Å²) in [4.78, 5) is 35.5. The van der Waals surface area contributed by atoms with Crippen molar-refractivity contribution < 1.29 is 23.5 Å². The van der Waals surface area contributed by atoms with Crippen LogP contribution in [0.4, 0.5) is 0 Å². The normalized spacial score (nSPS) is 13.9. The van der Waals surface area contributed by atoms with Crippen molar-refractivity contribution in [2.75, 3.05) is 0 Å². The van der Waals surface area contributed by atoms with Crippen molar-refractivity contribution in [2.24, 2.45) is 0 Å². The molecular formula is C15H22N2O5. The van der Waals surface area contributed by atoms with E-state index >= 15 is 0 Å². The van der Waals surface area contributed by atoms with Gasteiger partial charge in [0.15, 0.2) is 11.9 Å². The van der Waals surface area contributed by atoms with Gasteiger partial charge >= 0.3 is 5.97 Å². The summed E-state index contributed by atoms with van der Waals surface area (Å²) in [6.07, 6.45) is 0.409. The molecule has 1 heterocycles. The van der Waals surface area contributed by atoms with Crippen molar-refractivity contribution in [3.8, 4) is 0 Å². The van der Waals surface area contributed by atoms with E-state index < -0.39 is 35.5 Å². The second kappa shape index (κ2) is 7.11. The number of nitrogens with one attached hydrogen (secondary N) is 2. The highest BCUT2D eigenvalue weighted by Gasteiger charge is 2.26. The lowest BCUT2D eigenvalue weighted by molar-refractivity contribution is -0.156. The zero-order valence-corrected chi connectivity index (χ0v) is 13.4. The number of furan rings is 1. The summed E-state index contributed by atoms with van der Waals surface area (Å²) >= 11 is 0. The van der Waals surface area contributed by atoms with Crippen LogP contribution in [-0.4, -0.2) is 35.5 Å². The van der Waals surface area contributed by atoms with Crippen molar-refractivity contribution in [1.29, 1.82) is 0 Å². The third-order valence-electron chi connectivity index (χ3n) is 2.61. The van der Waals surface area contributed by atoms with Gasteiger partial charge in [-0.2, -0.15) is 0 Å². The molecule has 2 atom stereocenters. The molecule has 2 amide bonds. The summed E-state index contributed by atoms with van der Waals surface area (Å²) in [5.41, 5.74) is -0.420. The molecule has 0 bridgehead atoms. The third kappa shape index (κ3) is 5.59. The molecule has 0 aliphatic rings. The number of amides is 2. The minimum atomic E-state index is -0.949. The standard InChI is InChI=1S/C15H22N2O5/c1-9(16-13(19)11-7-6-8-21-11)14(20)22-10(2)12(18)17-15(3,4)5/h6-10H,1-5H3,(H,16,19)(H,17,18)/t9-,10+/m1/s1. The molecule has 0 saturated heterocycles. The van der Waals surface area contributed by atoms with E-state index in [9.17, 15) is 14.4 Å². The second-order valence-corrected chi connectivity index (χ2v) is 5.99. The first-order chi connectivity index (χ1) is 10.1. The van der Waals surface area contributed by atoms with Gasteiger partial charge in [-0.15, -0.1) is 0 Å². The van der Waals surface area contributed by atoms with Gasteiger partial charge in [0.2, 0.25) is 0 Å². The summed E-state index contributed by atoms with van der Waals surface area (Å²) in [5.74, 6) is -1.53. The Labute approximate surface area is 129 Å². The highest BCUT2D eigenvalue weighted by molar-refractivity contribution is 5.94. The van der Waals surface area contributed by atoms with Crippen LogP contribution in [0.1, 0.15) is 45.2 Å². The van der Waals surface area contributed by atoms with Crippen LogP contribution in [0.3, 0.4) is 0 Å². The van der Waals surface area contributed by atoms with Crippen molar-refractivity contribution in [3.05, 3.63) is 24.2 Å². The Bertz CT molecular complexity index is 531. The number of esters is 1. The second-order valence-electron chi connectivity index (χ2n) is 5.99. The Morgan fingerprint density at radius 2 is 1.86 bits per heavy atom. The van der Waals surface area contributed by atoms with E-state index in [1.165, 1.54) is 26.2 Å². The first-order valence-corrected chi connectivity index (χ1v) is 6.97. The average molecular weight is 310 g/mol. The number of rotatable bonds is 5. The maximum absolute atomic E-state index is 11.9. The lowest BCUT2D eigenvalue weighted by Gasteiger charge is -2.24. The van der Waals surface area contributed by atoms with Gasteiger partial charge in [-0.3, -0.25) is 9.59 Å². The minimum Gasteiger partial charge on any atom is -0.459 e.